The average molecular weight is 184 g/mol. The highest BCUT2D eigenvalue weighted by atomic mass is 35.5. The lowest BCUT2D eigenvalue weighted by molar-refractivity contribution is 0.132. The normalized spacial score (nSPS) is 10.5. The smallest absolute Gasteiger partial charge is 0.142 e. The molecule has 0 aliphatic rings. The maximum Gasteiger partial charge on any atom is 0.142 e. The lowest BCUT2D eigenvalue weighted by atomic mass is 10.2. The van der Waals surface area contributed by atoms with Crippen LogP contribution in [0.15, 0.2) is 29.4 Å². The van der Waals surface area contributed by atoms with Crippen LogP contribution in [0.25, 0.3) is 0 Å². The first-order valence-electron chi connectivity index (χ1n) is 3.67. The molecular weight excluding hydrogens is 174 g/mol. The van der Waals surface area contributed by atoms with E-state index in [9.17, 15) is 0 Å². The number of nitrogens with zero attached hydrogens (tertiary/aromatic N) is 1. The molecule has 0 fully saturated rings. The predicted molar refractivity (Wildman–Crippen MR) is 50.4 cm³/mol. The maximum atomic E-state index is 5.76. The number of rotatable bonds is 3. The molecule has 3 heteroatoms. The van der Waals surface area contributed by atoms with Crippen LogP contribution in [0.2, 0.25) is 5.02 Å². The monoisotopic (exact) mass is 183 g/mol. The van der Waals surface area contributed by atoms with Crippen molar-refractivity contribution in [2.45, 2.75) is 13.5 Å². The molecule has 0 radical (unpaired) electrons. The highest BCUT2D eigenvalue weighted by molar-refractivity contribution is 6.30. The van der Waals surface area contributed by atoms with Crippen molar-refractivity contribution in [1.82, 2.24) is 0 Å². The first kappa shape index (κ1) is 9.07. The Hall–Kier alpha value is -1.02. The molecule has 0 bridgehead atoms. The van der Waals surface area contributed by atoms with E-state index >= 15 is 0 Å². The van der Waals surface area contributed by atoms with Gasteiger partial charge in [-0.25, -0.2) is 0 Å². The maximum absolute atomic E-state index is 5.76. The van der Waals surface area contributed by atoms with Crippen molar-refractivity contribution in [3.05, 3.63) is 34.9 Å². The van der Waals surface area contributed by atoms with E-state index in [0.29, 0.717) is 6.61 Å². The molecule has 0 N–H and O–H groups in total. The lowest BCUT2D eigenvalue weighted by Crippen LogP contribution is -1.85. The summed E-state index contributed by atoms with van der Waals surface area (Å²) in [6, 6.07) is 7.51. The van der Waals surface area contributed by atoms with Gasteiger partial charge in [0.1, 0.15) is 6.61 Å². The Balaban J connectivity index is 2.52. The van der Waals surface area contributed by atoms with Crippen LogP contribution in [0.4, 0.5) is 0 Å². The topological polar surface area (TPSA) is 21.6 Å². The number of hydrogen-bond acceptors (Lipinski definition) is 2. The summed E-state index contributed by atoms with van der Waals surface area (Å²) in [5.41, 5.74) is 1.02. The Kier molecular flexibility index (Phi) is 3.61. The third-order valence-corrected chi connectivity index (χ3v) is 1.54. The molecule has 1 rings (SSSR count). The fraction of sp³-hybridized carbons (Fsp3) is 0.222. The van der Waals surface area contributed by atoms with Crippen LogP contribution >= 0.6 is 11.6 Å². The number of halogens is 1. The zero-order chi connectivity index (χ0) is 8.81. The Morgan fingerprint density at radius 2 is 2.42 bits per heavy atom. The Morgan fingerprint density at radius 3 is 3.08 bits per heavy atom. The van der Waals surface area contributed by atoms with Gasteiger partial charge in [-0.15, -0.1) is 0 Å². The Bertz CT molecular complexity index is 273. The molecule has 2 nitrogen and oxygen atoms in total. The molecule has 0 aliphatic heterocycles. The van der Waals surface area contributed by atoms with E-state index in [1.54, 1.807) is 13.1 Å². The van der Waals surface area contributed by atoms with Gasteiger partial charge in [0.2, 0.25) is 0 Å². The van der Waals surface area contributed by atoms with Crippen LogP contribution in [0.5, 0.6) is 0 Å². The van der Waals surface area contributed by atoms with Crippen LogP contribution in [0.3, 0.4) is 0 Å². The molecule has 0 unspecified atom stereocenters. The highest BCUT2D eigenvalue weighted by Gasteiger charge is 1.92. The summed E-state index contributed by atoms with van der Waals surface area (Å²) >= 11 is 5.76. The molecule has 0 heterocycles. The third kappa shape index (κ3) is 2.93. The summed E-state index contributed by atoms with van der Waals surface area (Å²) < 4.78 is 0. The summed E-state index contributed by atoms with van der Waals surface area (Å²) in [7, 11) is 0. The molecule has 0 amide bonds. The average Bonchev–Trinajstić information content (AvgIpc) is 2.05. The molecule has 1 aromatic carbocycles. The van der Waals surface area contributed by atoms with Crippen LogP contribution in [-0.2, 0) is 11.4 Å². The van der Waals surface area contributed by atoms with Crippen molar-refractivity contribution in [3.63, 3.8) is 0 Å². The quantitative estimate of drug-likeness (QED) is 0.522. The molecule has 1 aromatic rings. The van der Waals surface area contributed by atoms with Crippen molar-refractivity contribution in [2.24, 2.45) is 5.16 Å². The van der Waals surface area contributed by atoms with Crippen LogP contribution < -0.4 is 0 Å². The zero-order valence-corrected chi connectivity index (χ0v) is 7.58. The van der Waals surface area contributed by atoms with E-state index in [-0.39, 0.29) is 0 Å². The molecular formula is C9H10ClNO. The molecule has 0 atom stereocenters. The minimum Gasteiger partial charge on any atom is -0.391 e. The first-order valence-corrected chi connectivity index (χ1v) is 4.05. The molecule has 0 saturated carbocycles. The highest BCUT2D eigenvalue weighted by Crippen LogP contribution is 2.11. The van der Waals surface area contributed by atoms with E-state index in [2.05, 4.69) is 5.16 Å². The van der Waals surface area contributed by atoms with Crippen molar-refractivity contribution in [2.75, 3.05) is 0 Å². The van der Waals surface area contributed by atoms with Crippen molar-refractivity contribution in [3.8, 4) is 0 Å². The molecule has 0 spiro atoms. The van der Waals surface area contributed by atoms with Gasteiger partial charge in [0.15, 0.2) is 0 Å². The largest absolute Gasteiger partial charge is 0.391 e. The standard InChI is InChI=1S/C9H10ClNO/c1-2-11-12-7-8-4-3-5-9(10)6-8/h2-6H,7H2,1H3/b11-2+. The summed E-state index contributed by atoms with van der Waals surface area (Å²) in [5.74, 6) is 0. The van der Waals surface area contributed by atoms with Gasteiger partial charge in [-0.3, -0.25) is 0 Å². The summed E-state index contributed by atoms with van der Waals surface area (Å²) in [5, 5.41) is 4.35. The van der Waals surface area contributed by atoms with E-state index in [1.165, 1.54) is 0 Å². The van der Waals surface area contributed by atoms with Crippen LogP contribution in [-0.4, -0.2) is 6.21 Å². The molecule has 12 heavy (non-hydrogen) atoms. The fourth-order valence-electron chi connectivity index (χ4n) is 0.813. The van der Waals surface area contributed by atoms with E-state index in [4.69, 9.17) is 16.4 Å². The van der Waals surface area contributed by atoms with Gasteiger partial charge >= 0.3 is 0 Å². The number of benzene rings is 1. The minimum atomic E-state index is 0.463. The van der Waals surface area contributed by atoms with E-state index < -0.39 is 0 Å². The summed E-state index contributed by atoms with van der Waals surface area (Å²) in [6.45, 7) is 2.27. The molecule has 0 aliphatic carbocycles. The van der Waals surface area contributed by atoms with Gasteiger partial charge < -0.3 is 4.84 Å². The van der Waals surface area contributed by atoms with Crippen LogP contribution in [0.1, 0.15) is 12.5 Å². The summed E-state index contributed by atoms with van der Waals surface area (Å²) in [4.78, 5) is 4.93. The second-order valence-electron chi connectivity index (χ2n) is 2.27. The van der Waals surface area contributed by atoms with Crippen molar-refractivity contribution >= 4 is 17.8 Å². The van der Waals surface area contributed by atoms with Crippen LogP contribution in [0, 0.1) is 0 Å². The predicted octanol–water partition coefficient (Wildman–Crippen LogP) is 2.86. The Morgan fingerprint density at radius 1 is 1.58 bits per heavy atom. The van der Waals surface area contributed by atoms with Gasteiger partial charge in [-0.05, 0) is 24.6 Å². The Labute approximate surface area is 76.8 Å². The number of oxime groups is 1. The van der Waals surface area contributed by atoms with E-state index in [1.807, 2.05) is 24.3 Å². The van der Waals surface area contributed by atoms with Crippen molar-refractivity contribution < 1.29 is 4.84 Å². The molecule has 64 valence electrons. The van der Waals surface area contributed by atoms with Gasteiger partial charge in [-0.2, -0.15) is 0 Å². The molecule has 0 saturated heterocycles. The summed E-state index contributed by atoms with van der Waals surface area (Å²) in [6.07, 6.45) is 1.60. The SMILES string of the molecule is C/C=N/OCc1cccc(Cl)c1. The van der Waals surface area contributed by atoms with Gasteiger partial charge in [0, 0.05) is 11.2 Å². The van der Waals surface area contributed by atoms with Gasteiger partial charge in [-0.1, -0.05) is 28.9 Å². The van der Waals surface area contributed by atoms with Crippen molar-refractivity contribution in [1.29, 1.82) is 0 Å². The zero-order valence-electron chi connectivity index (χ0n) is 6.83. The van der Waals surface area contributed by atoms with E-state index in [0.717, 1.165) is 10.6 Å². The third-order valence-electron chi connectivity index (χ3n) is 1.30. The van der Waals surface area contributed by atoms with Gasteiger partial charge in [0.25, 0.3) is 0 Å². The molecule has 0 aromatic heterocycles. The first-order chi connectivity index (χ1) is 5.83. The second-order valence-corrected chi connectivity index (χ2v) is 2.70. The number of hydrogen-bond donors (Lipinski definition) is 0. The lowest BCUT2D eigenvalue weighted by Gasteiger charge is -1.98. The van der Waals surface area contributed by atoms with Gasteiger partial charge in [0.05, 0.1) is 0 Å². The second kappa shape index (κ2) is 4.78. The minimum absolute atomic E-state index is 0.463. The fourth-order valence-corrected chi connectivity index (χ4v) is 1.03.